The van der Waals surface area contributed by atoms with Crippen molar-refractivity contribution in [2.75, 3.05) is 19.6 Å². The molecule has 0 amide bonds. The van der Waals surface area contributed by atoms with E-state index in [4.69, 9.17) is 11.5 Å². The fourth-order valence-electron chi connectivity index (χ4n) is 1.60. The molecule has 1 unspecified atom stereocenters. The van der Waals surface area contributed by atoms with Gasteiger partial charge < -0.3 is 5.11 Å². The molecule has 1 rings (SSSR count). The van der Waals surface area contributed by atoms with Gasteiger partial charge in [0.05, 0.1) is 6.54 Å². The van der Waals surface area contributed by atoms with E-state index in [0.29, 0.717) is 12.5 Å². The number of aliphatic carboxylic acids is 1. The van der Waals surface area contributed by atoms with Crippen LogP contribution in [-0.4, -0.2) is 35.6 Å². The zero-order valence-corrected chi connectivity index (χ0v) is 6.99. The number of terminal acetylenes is 1. The van der Waals surface area contributed by atoms with E-state index >= 15 is 0 Å². The summed E-state index contributed by atoms with van der Waals surface area (Å²) < 4.78 is 0. The summed E-state index contributed by atoms with van der Waals surface area (Å²) in [5.74, 6) is 2.16. The molecule has 1 aliphatic rings. The second-order valence-corrected chi connectivity index (χ2v) is 3.19. The quantitative estimate of drug-likeness (QED) is 0.619. The van der Waals surface area contributed by atoms with Gasteiger partial charge in [0.15, 0.2) is 0 Å². The van der Waals surface area contributed by atoms with Crippen LogP contribution in [0.4, 0.5) is 0 Å². The maximum Gasteiger partial charge on any atom is 0.303 e. The van der Waals surface area contributed by atoms with Crippen LogP contribution in [0.5, 0.6) is 0 Å². The minimum absolute atomic E-state index is 0.279. The molecule has 0 aromatic heterocycles. The lowest BCUT2D eigenvalue weighted by molar-refractivity contribution is -0.138. The highest BCUT2D eigenvalue weighted by Crippen LogP contribution is 2.18. The average molecular weight is 167 g/mol. The van der Waals surface area contributed by atoms with E-state index in [2.05, 4.69) is 10.8 Å². The van der Waals surface area contributed by atoms with Gasteiger partial charge in [-0.3, -0.25) is 9.69 Å². The summed E-state index contributed by atoms with van der Waals surface area (Å²) in [7, 11) is 0. The van der Waals surface area contributed by atoms with Crippen LogP contribution in [-0.2, 0) is 4.79 Å². The van der Waals surface area contributed by atoms with Crippen LogP contribution >= 0.6 is 0 Å². The minimum atomic E-state index is -0.706. The van der Waals surface area contributed by atoms with E-state index in [1.807, 2.05) is 0 Å². The first-order chi connectivity index (χ1) is 5.72. The fourth-order valence-corrected chi connectivity index (χ4v) is 1.60. The normalized spacial score (nSPS) is 23.8. The third-order valence-electron chi connectivity index (χ3n) is 2.15. The summed E-state index contributed by atoms with van der Waals surface area (Å²) in [6.45, 7) is 2.44. The zero-order valence-electron chi connectivity index (χ0n) is 6.99. The van der Waals surface area contributed by atoms with Crippen LogP contribution < -0.4 is 0 Å². The lowest BCUT2D eigenvalue weighted by atomic mass is 10.1. The molecule has 0 saturated carbocycles. The van der Waals surface area contributed by atoms with Crippen molar-refractivity contribution in [1.29, 1.82) is 0 Å². The predicted octanol–water partition coefficient (Wildman–Crippen LogP) is 0.416. The Kier molecular flexibility index (Phi) is 3.12. The van der Waals surface area contributed by atoms with Gasteiger partial charge in [-0.25, -0.2) is 0 Å². The molecule has 0 spiro atoms. The number of carbonyl (C=O) groups is 1. The number of carboxylic acids is 1. The van der Waals surface area contributed by atoms with Crippen molar-refractivity contribution in [1.82, 2.24) is 4.90 Å². The van der Waals surface area contributed by atoms with E-state index < -0.39 is 5.97 Å². The highest BCUT2D eigenvalue weighted by molar-refractivity contribution is 5.67. The van der Waals surface area contributed by atoms with Crippen LogP contribution in [0, 0.1) is 18.3 Å². The Balaban J connectivity index is 2.26. The number of hydrogen-bond acceptors (Lipinski definition) is 2. The van der Waals surface area contributed by atoms with Crippen LogP contribution in [0.25, 0.3) is 0 Å². The lowest BCUT2D eigenvalue weighted by Crippen LogP contribution is -2.21. The standard InChI is InChI=1S/C9H13NO2/c1-2-4-10-5-3-8(7-10)6-9(11)12/h1,8H,3-7H2,(H,11,12). The van der Waals surface area contributed by atoms with Crippen molar-refractivity contribution in [3.63, 3.8) is 0 Å². The average Bonchev–Trinajstić information content (AvgIpc) is 2.36. The zero-order chi connectivity index (χ0) is 8.97. The molecule has 66 valence electrons. The van der Waals surface area contributed by atoms with Crippen molar-refractivity contribution >= 4 is 5.97 Å². The molecule has 1 heterocycles. The van der Waals surface area contributed by atoms with Crippen molar-refractivity contribution in [3.05, 3.63) is 0 Å². The van der Waals surface area contributed by atoms with Crippen LogP contribution in [0.1, 0.15) is 12.8 Å². The summed E-state index contributed by atoms with van der Waals surface area (Å²) in [5.41, 5.74) is 0. The predicted molar refractivity (Wildman–Crippen MR) is 45.6 cm³/mol. The van der Waals surface area contributed by atoms with E-state index in [9.17, 15) is 4.79 Å². The van der Waals surface area contributed by atoms with Crippen molar-refractivity contribution in [3.8, 4) is 12.3 Å². The molecule has 1 fully saturated rings. The molecule has 1 atom stereocenters. The largest absolute Gasteiger partial charge is 0.481 e. The molecule has 0 radical (unpaired) electrons. The molecule has 0 aromatic carbocycles. The molecule has 3 heteroatoms. The van der Waals surface area contributed by atoms with Crippen molar-refractivity contribution in [2.45, 2.75) is 12.8 Å². The summed E-state index contributed by atoms with van der Waals surface area (Å²) in [5, 5.41) is 8.53. The lowest BCUT2D eigenvalue weighted by Gasteiger charge is -2.10. The molecule has 0 bridgehead atoms. The molecule has 3 nitrogen and oxygen atoms in total. The number of likely N-dealkylation sites (tertiary alicyclic amines) is 1. The van der Waals surface area contributed by atoms with Crippen molar-refractivity contribution < 1.29 is 9.90 Å². The SMILES string of the molecule is C#CCN1CCC(CC(=O)O)C1. The first kappa shape index (κ1) is 9.08. The number of nitrogens with zero attached hydrogens (tertiary/aromatic N) is 1. The summed E-state index contributed by atoms with van der Waals surface area (Å²) >= 11 is 0. The Labute approximate surface area is 72.4 Å². The van der Waals surface area contributed by atoms with Gasteiger partial charge in [0, 0.05) is 13.0 Å². The molecule has 0 aromatic rings. The Morgan fingerprint density at radius 1 is 1.75 bits per heavy atom. The third kappa shape index (κ3) is 2.55. The van der Waals surface area contributed by atoms with Gasteiger partial charge in [-0.2, -0.15) is 0 Å². The summed E-state index contributed by atoms with van der Waals surface area (Å²) in [6.07, 6.45) is 6.39. The maximum atomic E-state index is 10.4. The van der Waals surface area contributed by atoms with Crippen LogP contribution in [0.15, 0.2) is 0 Å². The van der Waals surface area contributed by atoms with Gasteiger partial charge in [0.1, 0.15) is 0 Å². The molecular formula is C9H13NO2. The van der Waals surface area contributed by atoms with Gasteiger partial charge in [0.25, 0.3) is 0 Å². The molecule has 1 aliphatic heterocycles. The number of carboxylic acid groups (broad SMARTS) is 1. The topological polar surface area (TPSA) is 40.5 Å². The van der Waals surface area contributed by atoms with Crippen LogP contribution in [0.3, 0.4) is 0 Å². The Hall–Kier alpha value is -1.01. The van der Waals surface area contributed by atoms with E-state index in [-0.39, 0.29) is 6.42 Å². The third-order valence-corrected chi connectivity index (χ3v) is 2.15. The van der Waals surface area contributed by atoms with Crippen molar-refractivity contribution in [2.24, 2.45) is 5.92 Å². The van der Waals surface area contributed by atoms with E-state index in [0.717, 1.165) is 19.5 Å². The first-order valence-electron chi connectivity index (χ1n) is 4.10. The van der Waals surface area contributed by atoms with Crippen LogP contribution in [0.2, 0.25) is 0 Å². The number of hydrogen-bond donors (Lipinski definition) is 1. The monoisotopic (exact) mass is 167 g/mol. The summed E-state index contributed by atoms with van der Waals surface area (Å²) in [6, 6.07) is 0. The van der Waals surface area contributed by atoms with E-state index in [1.54, 1.807) is 0 Å². The Morgan fingerprint density at radius 3 is 3.08 bits per heavy atom. The molecular weight excluding hydrogens is 154 g/mol. The van der Waals surface area contributed by atoms with Gasteiger partial charge in [-0.1, -0.05) is 5.92 Å². The summed E-state index contributed by atoms with van der Waals surface area (Å²) in [4.78, 5) is 12.5. The number of rotatable bonds is 3. The van der Waals surface area contributed by atoms with Gasteiger partial charge >= 0.3 is 5.97 Å². The highest BCUT2D eigenvalue weighted by Gasteiger charge is 2.23. The maximum absolute atomic E-state index is 10.4. The molecule has 1 saturated heterocycles. The molecule has 0 aliphatic carbocycles. The Bertz CT molecular complexity index is 207. The van der Waals surface area contributed by atoms with Gasteiger partial charge in [-0.15, -0.1) is 6.42 Å². The molecule has 12 heavy (non-hydrogen) atoms. The highest BCUT2D eigenvalue weighted by atomic mass is 16.4. The second-order valence-electron chi connectivity index (χ2n) is 3.19. The second kappa shape index (κ2) is 4.13. The van der Waals surface area contributed by atoms with Gasteiger partial charge in [-0.05, 0) is 18.9 Å². The first-order valence-corrected chi connectivity index (χ1v) is 4.10. The van der Waals surface area contributed by atoms with Gasteiger partial charge in [0.2, 0.25) is 0 Å². The van der Waals surface area contributed by atoms with E-state index in [1.165, 1.54) is 0 Å². The molecule has 1 N–H and O–H groups in total. The smallest absolute Gasteiger partial charge is 0.303 e. The minimum Gasteiger partial charge on any atom is -0.481 e. The Morgan fingerprint density at radius 2 is 2.50 bits per heavy atom. The fraction of sp³-hybridized carbons (Fsp3) is 0.667.